The number of hydrogen-bond acceptors (Lipinski definition) is 4. The number of amides is 2. The summed E-state index contributed by atoms with van der Waals surface area (Å²) >= 11 is 6.39. The molecule has 0 bridgehead atoms. The maximum atomic E-state index is 13.1. The van der Waals surface area contributed by atoms with Gasteiger partial charge in [-0.3, -0.25) is 9.59 Å². The molecule has 142 valence electrons. The number of nitrogens with two attached hydrogens (primary N) is 1. The van der Waals surface area contributed by atoms with Gasteiger partial charge in [-0.25, -0.2) is 4.98 Å². The van der Waals surface area contributed by atoms with Crippen LogP contribution in [0, 0.1) is 13.8 Å². The van der Waals surface area contributed by atoms with E-state index in [1.165, 1.54) is 6.42 Å². The van der Waals surface area contributed by atoms with E-state index in [9.17, 15) is 9.59 Å². The molecule has 27 heavy (non-hydrogen) atoms. The second-order valence-corrected chi connectivity index (χ2v) is 7.16. The number of nitrogens with zero attached hydrogens (tertiary/aromatic N) is 2. The zero-order valence-electron chi connectivity index (χ0n) is 15.5. The number of anilines is 2. The van der Waals surface area contributed by atoms with E-state index in [4.69, 9.17) is 17.3 Å². The van der Waals surface area contributed by atoms with Crippen LogP contribution < -0.4 is 16.0 Å². The topological polar surface area (TPSA) is 88.3 Å². The molecule has 2 heterocycles. The number of rotatable bonds is 4. The molecule has 3 N–H and O–H groups in total. The number of nitrogens with one attached hydrogen (secondary N) is 1. The minimum atomic E-state index is -0.545. The van der Waals surface area contributed by atoms with E-state index in [1.54, 1.807) is 24.3 Å². The number of hydrogen-bond donors (Lipinski definition) is 2. The van der Waals surface area contributed by atoms with E-state index in [2.05, 4.69) is 15.2 Å². The molecule has 1 aliphatic rings. The van der Waals surface area contributed by atoms with Crippen LogP contribution in [0.1, 0.15) is 51.2 Å². The smallest absolute Gasteiger partial charge is 0.259 e. The highest BCUT2D eigenvalue weighted by atomic mass is 35.5. The molecule has 6 nitrogen and oxygen atoms in total. The van der Waals surface area contributed by atoms with E-state index in [0.717, 1.165) is 25.9 Å². The summed E-state index contributed by atoms with van der Waals surface area (Å²) in [6.45, 7) is 5.41. The summed E-state index contributed by atoms with van der Waals surface area (Å²) < 4.78 is 0. The first-order valence-electron chi connectivity index (χ1n) is 9.01. The Morgan fingerprint density at radius 2 is 1.89 bits per heavy atom. The van der Waals surface area contributed by atoms with Gasteiger partial charge in [-0.15, -0.1) is 0 Å². The summed E-state index contributed by atoms with van der Waals surface area (Å²) in [6, 6.07) is 6.55. The molecule has 1 aliphatic heterocycles. The van der Waals surface area contributed by atoms with Gasteiger partial charge in [-0.2, -0.15) is 0 Å². The maximum absolute atomic E-state index is 13.1. The van der Waals surface area contributed by atoms with Crippen LogP contribution >= 0.6 is 11.6 Å². The van der Waals surface area contributed by atoms with E-state index in [-0.39, 0.29) is 5.91 Å². The molecule has 1 aromatic heterocycles. The number of carbonyl (C=O) groups excluding carboxylic acids is 2. The number of halogens is 1. The standard InChI is InChI=1S/C20H23ClN4O2/c1-12-16(20(27)24-15-8-6-7-14(11-15)18(22)26)19(23-13(2)17(12)21)25-9-4-3-5-10-25/h6-8,11H,3-5,9-10H2,1-2H3,(H2,22,26)(H,24,27). The van der Waals surface area contributed by atoms with Crippen LogP contribution in [-0.2, 0) is 0 Å². The fraction of sp³-hybridized carbons (Fsp3) is 0.350. The van der Waals surface area contributed by atoms with Crippen LogP contribution in [0.5, 0.6) is 0 Å². The van der Waals surface area contributed by atoms with Gasteiger partial charge in [0.05, 0.1) is 16.3 Å². The molecule has 1 saturated heterocycles. The summed E-state index contributed by atoms with van der Waals surface area (Å²) in [5, 5.41) is 3.34. The Morgan fingerprint density at radius 1 is 1.19 bits per heavy atom. The SMILES string of the molecule is Cc1nc(N2CCCCC2)c(C(=O)Nc2cccc(C(N)=O)c2)c(C)c1Cl. The highest BCUT2D eigenvalue weighted by Crippen LogP contribution is 2.31. The van der Waals surface area contributed by atoms with E-state index < -0.39 is 5.91 Å². The van der Waals surface area contributed by atoms with Crippen molar-refractivity contribution < 1.29 is 9.59 Å². The van der Waals surface area contributed by atoms with Crippen LogP contribution in [0.4, 0.5) is 11.5 Å². The number of aryl methyl sites for hydroxylation is 1. The summed E-state index contributed by atoms with van der Waals surface area (Å²) in [6.07, 6.45) is 3.33. The normalized spacial score (nSPS) is 14.1. The van der Waals surface area contributed by atoms with Crippen molar-refractivity contribution in [2.75, 3.05) is 23.3 Å². The van der Waals surface area contributed by atoms with Gasteiger partial charge < -0.3 is 16.0 Å². The number of pyridine rings is 1. The molecule has 0 atom stereocenters. The van der Waals surface area contributed by atoms with Crippen molar-refractivity contribution in [1.29, 1.82) is 0 Å². The summed E-state index contributed by atoms with van der Waals surface area (Å²) in [7, 11) is 0. The molecule has 0 spiro atoms. The first-order valence-corrected chi connectivity index (χ1v) is 9.39. The molecule has 2 amide bonds. The Morgan fingerprint density at radius 3 is 2.56 bits per heavy atom. The third kappa shape index (κ3) is 4.06. The second kappa shape index (κ2) is 7.96. The first-order chi connectivity index (χ1) is 12.9. The second-order valence-electron chi connectivity index (χ2n) is 6.78. The van der Waals surface area contributed by atoms with E-state index >= 15 is 0 Å². The fourth-order valence-electron chi connectivity index (χ4n) is 3.36. The minimum Gasteiger partial charge on any atom is -0.366 e. The lowest BCUT2D eigenvalue weighted by atomic mass is 10.0. The predicted octanol–water partition coefficient (Wildman–Crippen LogP) is 3.69. The van der Waals surface area contributed by atoms with Crippen LogP contribution in [-0.4, -0.2) is 29.9 Å². The highest BCUT2D eigenvalue weighted by Gasteiger charge is 2.25. The molecule has 1 fully saturated rings. The third-order valence-electron chi connectivity index (χ3n) is 4.81. The monoisotopic (exact) mass is 386 g/mol. The lowest BCUT2D eigenvalue weighted by molar-refractivity contribution is 0.0996. The summed E-state index contributed by atoms with van der Waals surface area (Å²) in [5.41, 5.74) is 8.03. The van der Waals surface area contributed by atoms with Gasteiger partial charge in [0, 0.05) is 24.3 Å². The van der Waals surface area contributed by atoms with Gasteiger partial charge in [0.15, 0.2) is 0 Å². The van der Waals surface area contributed by atoms with Gasteiger partial charge in [0.2, 0.25) is 5.91 Å². The largest absolute Gasteiger partial charge is 0.366 e. The summed E-state index contributed by atoms with van der Waals surface area (Å²) in [5.74, 6) is -0.182. The average Bonchev–Trinajstić information content (AvgIpc) is 2.66. The molecular weight excluding hydrogens is 364 g/mol. The van der Waals surface area contributed by atoms with E-state index in [0.29, 0.717) is 38.9 Å². The molecular formula is C20H23ClN4O2. The Bertz CT molecular complexity index is 892. The molecule has 2 aromatic rings. The molecule has 7 heteroatoms. The van der Waals surface area contributed by atoms with Crippen LogP contribution in [0.25, 0.3) is 0 Å². The van der Waals surface area contributed by atoms with Crippen molar-refractivity contribution in [3.8, 4) is 0 Å². The number of primary amides is 1. The zero-order chi connectivity index (χ0) is 19.6. The van der Waals surface area contributed by atoms with Crippen LogP contribution in [0.15, 0.2) is 24.3 Å². The van der Waals surface area contributed by atoms with Crippen LogP contribution in [0.2, 0.25) is 5.02 Å². The maximum Gasteiger partial charge on any atom is 0.259 e. The van der Waals surface area contributed by atoms with Crippen molar-refractivity contribution in [3.05, 3.63) is 51.7 Å². The van der Waals surface area contributed by atoms with Crippen molar-refractivity contribution in [3.63, 3.8) is 0 Å². The third-order valence-corrected chi connectivity index (χ3v) is 5.36. The van der Waals surface area contributed by atoms with Crippen molar-refractivity contribution in [2.24, 2.45) is 5.73 Å². The van der Waals surface area contributed by atoms with Gasteiger partial charge in [0.25, 0.3) is 5.91 Å². The van der Waals surface area contributed by atoms with Crippen molar-refractivity contribution in [1.82, 2.24) is 4.98 Å². The highest BCUT2D eigenvalue weighted by molar-refractivity contribution is 6.32. The Kier molecular flexibility index (Phi) is 5.65. The van der Waals surface area contributed by atoms with Crippen molar-refractivity contribution >= 4 is 34.9 Å². The average molecular weight is 387 g/mol. The molecule has 0 aliphatic carbocycles. The lowest BCUT2D eigenvalue weighted by Crippen LogP contribution is -2.33. The van der Waals surface area contributed by atoms with E-state index in [1.807, 2.05) is 13.8 Å². The molecule has 0 unspecified atom stereocenters. The Balaban J connectivity index is 1.99. The Hall–Kier alpha value is -2.60. The Labute approximate surface area is 163 Å². The molecule has 3 rings (SSSR count). The minimum absolute atomic E-state index is 0.302. The fourth-order valence-corrected chi connectivity index (χ4v) is 3.50. The first kappa shape index (κ1) is 19.2. The van der Waals surface area contributed by atoms with Crippen LogP contribution in [0.3, 0.4) is 0 Å². The van der Waals surface area contributed by atoms with Gasteiger partial charge in [-0.05, 0) is 56.9 Å². The molecule has 1 aromatic carbocycles. The lowest BCUT2D eigenvalue weighted by Gasteiger charge is -2.30. The molecule has 0 radical (unpaired) electrons. The predicted molar refractivity (Wildman–Crippen MR) is 108 cm³/mol. The van der Waals surface area contributed by atoms with Gasteiger partial charge >= 0.3 is 0 Å². The number of aromatic nitrogens is 1. The number of benzene rings is 1. The summed E-state index contributed by atoms with van der Waals surface area (Å²) in [4.78, 5) is 31.2. The van der Waals surface area contributed by atoms with Crippen molar-refractivity contribution in [2.45, 2.75) is 33.1 Å². The number of piperidine rings is 1. The van der Waals surface area contributed by atoms with Gasteiger partial charge in [0.1, 0.15) is 5.82 Å². The zero-order valence-corrected chi connectivity index (χ0v) is 16.3. The quantitative estimate of drug-likeness (QED) is 0.838. The number of carbonyl (C=O) groups is 2. The molecule has 0 saturated carbocycles. The van der Waals surface area contributed by atoms with Gasteiger partial charge in [-0.1, -0.05) is 17.7 Å².